The zero-order valence-electron chi connectivity index (χ0n) is 22.1. The molecule has 2 aromatic heterocycles. The fourth-order valence-corrected chi connectivity index (χ4v) is 6.73. The van der Waals surface area contributed by atoms with E-state index in [9.17, 15) is 13.6 Å². The van der Waals surface area contributed by atoms with Gasteiger partial charge in [-0.05, 0) is 63.3 Å². The van der Waals surface area contributed by atoms with Gasteiger partial charge in [0.15, 0.2) is 5.65 Å². The molecule has 2 aliphatic heterocycles. The molecule has 0 radical (unpaired) electrons. The molecule has 4 atom stereocenters. The van der Waals surface area contributed by atoms with Gasteiger partial charge in [-0.1, -0.05) is 36.2 Å². The maximum Gasteiger partial charge on any atom is 0.374 e. The smallest absolute Gasteiger partial charge is 0.374 e. The molecule has 2 saturated heterocycles. The molecule has 0 amide bonds. The number of likely N-dealkylation sites (tertiary alicyclic amines) is 1. The number of carboxylic acid groups (broad SMARTS) is 1. The van der Waals surface area contributed by atoms with Crippen LogP contribution in [-0.2, 0) is 4.79 Å². The number of hydrogen-bond donors (Lipinski definition) is 1. The molecule has 39 heavy (non-hydrogen) atoms. The first kappa shape index (κ1) is 28.0. The maximum atomic E-state index is 14.0. The minimum atomic E-state index is -3.71. The summed E-state index contributed by atoms with van der Waals surface area (Å²) in [6.45, 7) is 8.12. The van der Waals surface area contributed by atoms with Crippen LogP contribution in [0.25, 0.3) is 11.2 Å². The normalized spacial score (nSPS) is 23.5. The van der Waals surface area contributed by atoms with Gasteiger partial charge in [-0.2, -0.15) is 13.9 Å². The van der Waals surface area contributed by atoms with Crippen molar-refractivity contribution in [3.8, 4) is 0 Å². The van der Waals surface area contributed by atoms with Crippen molar-refractivity contribution >= 4 is 46.2 Å². The highest BCUT2D eigenvalue weighted by Gasteiger charge is 2.46. The lowest BCUT2D eigenvalue weighted by molar-refractivity contribution is -0.167. The van der Waals surface area contributed by atoms with Gasteiger partial charge < -0.3 is 10.0 Å². The van der Waals surface area contributed by atoms with E-state index >= 15 is 0 Å². The molecule has 3 aromatic rings. The second-order valence-electron chi connectivity index (χ2n) is 10.8. The Bertz CT molecular complexity index is 1390. The number of hydrogen-bond acceptors (Lipinski definition) is 6. The monoisotopic (exact) mass is 580 g/mol. The van der Waals surface area contributed by atoms with Gasteiger partial charge in [-0.25, -0.2) is 19.4 Å². The van der Waals surface area contributed by atoms with Crippen LogP contribution in [0.4, 0.5) is 14.6 Å². The standard InChI is InChI=1S/C27H32Cl2F2N6O2/c1-15-14-35(10-8-22(15)36-9-4-5-19(36)12-27(30,31)26(38)39)23-13-32-24-16(2)34-37(25(24)33-23)17(3)20-7-6-18(28)11-21(20)29/h6-7,11,13,15,17,19,22H,4-5,8-10,12,14H2,1-3H3,(H,38,39)/t15?,17?,19-,22?/m0/s1. The molecule has 2 aliphatic rings. The number of piperidine rings is 1. The van der Waals surface area contributed by atoms with Gasteiger partial charge in [0.25, 0.3) is 0 Å². The van der Waals surface area contributed by atoms with E-state index in [0.717, 1.165) is 35.4 Å². The number of rotatable bonds is 7. The molecule has 0 bridgehead atoms. The van der Waals surface area contributed by atoms with E-state index in [2.05, 4.69) is 21.7 Å². The molecule has 1 N–H and O–H groups in total. The van der Waals surface area contributed by atoms with Crippen molar-refractivity contribution in [1.29, 1.82) is 0 Å². The highest BCUT2D eigenvalue weighted by Crippen LogP contribution is 2.36. The Balaban J connectivity index is 1.35. The van der Waals surface area contributed by atoms with Gasteiger partial charge in [-0.15, -0.1) is 0 Å². The van der Waals surface area contributed by atoms with Crippen molar-refractivity contribution in [3.63, 3.8) is 0 Å². The van der Waals surface area contributed by atoms with E-state index in [0.29, 0.717) is 41.7 Å². The van der Waals surface area contributed by atoms with E-state index < -0.39 is 24.4 Å². The maximum absolute atomic E-state index is 14.0. The van der Waals surface area contributed by atoms with E-state index in [1.54, 1.807) is 18.3 Å². The Kier molecular flexibility index (Phi) is 7.74. The number of fused-ring (bicyclic) bond motifs is 1. The van der Waals surface area contributed by atoms with Crippen LogP contribution in [-0.4, -0.2) is 73.4 Å². The van der Waals surface area contributed by atoms with Crippen LogP contribution >= 0.6 is 23.2 Å². The molecule has 0 saturated carbocycles. The second kappa shape index (κ2) is 10.8. The van der Waals surface area contributed by atoms with Crippen molar-refractivity contribution in [2.75, 3.05) is 24.5 Å². The first-order valence-corrected chi connectivity index (χ1v) is 14.0. The summed E-state index contributed by atoms with van der Waals surface area (Å²) in [5, 5.41) is 14.8. The van der Waals surface area contributed by atoms with Crippen molar-refractivity contribution in [2.24, 2.45) is 5.92 Å². The van der Waals surface area contributed by atoms with Gasteiger partial charge in [0.2, 0.25) is 0 Å². The van der Waals surface area contributed by atoms with E-state index in [4.69, 9.17) is 38.4 Å². The van der Waals surface area contributed by atoms with Crippen LogP contribution < -0.4 is 4.90 Å². The Hall–Kier alpha value is -2.56. The highest BCUT2D eigenvalue weighted by atomic mass is 35.5. The fraction of sp³-hybridized carbons (Fsp3) is 0.556. The zero-order valence-corrected chi connectivity index (χ0v) is 23.6. The molecule has 8 nitrogen and oxygen atoms in total. The lowest BCUT2D eigenvalue weighted by Crippen LogP contribution is -2.53. The number of halogens is 4. The zero-order chi connectivity index (χ0) is 28.1. The molecule has 4 heterocycles. The van der Waals surface area contributed by atoms with Crippen LogP contribution in [0.15, 0.2) is 24.4 Å². The summed E-state index contributed by atoms with van der Waals surface area (Å²) < 4.78 is 29.9. The number of alkyl halides is 2. The summed E-state index contributed by atoms with van der Waals surface area (Å²) in [6.07, 6.45) is 3.29. The third-order valence-electron chi connectivity index (χ3n) is 8.18. The lowest BCUT2D eigenvalue weighted by atomic mass is 9.91. The number of aryl methyl sites for hydroxylation is 1. The number of carboxylic acids is 1. The number of aliphatic carboxylic acids is 1. The predicted molar refractivity (Wildman–Crippen MR) is 147 cm³/mol. The SMILES string of the molecule is Cc1nn(C(C)c2ccc(Cl)cc2Cl)c2nc(N3CCC(N4CCC[C@H]4CC(F)(F)C(=O)O)C(C)C3)cnc12. The summed E-state index contributed by atoms with van der Waals surface area (Å²) in [7, 11) is 0. The van der Waals surface area contributed by atoms with Crippen LogP contribution in [0, 0.1) is 12.8 Å². The fourth-order valence-electron chi connectivity index (χ4n) is 6.17. The van der Waals surface area contributed by atoms with Gasteiger partial charge >= 0.3 is 11.9 Å². The first-order chi connectivity index (χ1) is 18.5. The summed E-state index contributed by atoms with van der Waals surface area (Å²) in [4.78, 5) is 25.0. The Morgan fingerprint density at radius 3 is 2.72 bits per heavy atom. The third-order valence-corrected chi connectivity index (χ3v) is 8.74. The van der Waals surface area contributed by atoms with Crippen molar-refractivity contribution in [3.05, 3.63) is 45.7 Å². The van der Waals surface area contributed by atoms with Crippen molar-refractivity contribution in [2.45, 2.75) is 70.5 Å². The van der Waals surface area contributed by atoms with E-state index in [1.807, 2.05) is 24.6 Å². The molecular formula is C27H32Cl2F2N6O2. The number of benzene rings is 1. The van der Waals surface area contributed by atoms with Crippen LogP contribution in [0.2, 0.25) is 10.0 Å². The summed E-state index contributed by atoms with van der Waals surface area (Å²) in [5.74, 6) is -4.85. The average Bonchev–Trinajstić information content (AvgIpc) is 3.46. The van der Waals surface area contributed by atoms with Gasteiger partial charge in [-0.3, -0.25) is 4.90 Å². The van der Waals surface area contributed by atoms with E-state index in [-0.39, 0.29) is 18.0 Å². The lowest BCUT2D eigenvalue weighted by Gasteiger charge is -2.44. The molecule has 0 spiro atoms. The van der Waals surface area contributed by atoms with Crippen LogP contribution in [0.3, 0.4) is 0 Å². The molecule has 1 aromatic carbocycles. The topological polar surface area (TPSA) is 87.4 Å². The Labute approximate surface area is 235 Å². The van der Waals surface area contributed by atoms with Crippen LogP contribution in [0.5, 0.6) is 0 Å². The average molecular weight is 581 g/mol. The molecular weight excluding hydrogens is 549 g/mol. The number of anilines is 1. The number of nitrogens with zero attached hydrogens (tertiary/aromatic N) is 6. The van der Waals surface area contributed by atoms with Gasteiger partial charge in [0, 0.05) is 41.6 Å². The van der Waals surface area contributed by atoms with Crippen molar-refractivity contribution < 1.29 is 18.7 Å². The van der Waals surface area contributed by atoms with Gasteiger partial charge in [0.05, 0.1) is 17.9 Å². The molecule has 3 unspecified atom stereocenters. The third kappa shape index (κ3) is 5.43. The first-order valence-electron chi connectivity index (χ1n) is 13.2. The highest BCUT2D eigenvalue weighted by molar-refractivity contribution is 6.35. The summed E-state index contributed by atoms with van der Waals surface area (Å²) in [6, 6.07) is 4.88. The Morgan fingerprint density at radius 1 is 1.26 bits per heavy atom. The minimum Gasteiger partial charge on any atom is -0.477 e. The predicted octanol–water partition coefficient (Wildman–Crippen LogP) is 5.84. The molecule has 0 aliphatic carbocycles. The van der Waals surface area contributed by atoms with Gasteiger partial charge in [0.1, 0.15) is 11.3 Å². The summed E-state index contributed by atoms with van der Waals surface area (Å²) in [5.41, 5.74) is 3.03. The second-order valence-corrected chi connectivity index (χ2v) is 11.6. The molecule has 5 rings (SSSR count). The molecule has 12 heteroatoms. The molecule has 210 valence electrons. The Morgan fingerprint density at radius 2 is 2.03 bits per heavy atom. The summed E-state index contributed by atoms with van der Waals surface area (Å²) >= 11 is 12.6. The largest absolute Gasteiger partial charge is 0.477 e. The minimum absolute atomic E-state index is 0.106. The number of aromatic nitrogens is 4. The van der Waals surface area contributed by atoms with E-state index in [1.165, 1.54) is 0 Å². The number of carbonyl (C=O) groups is 1. The van der Waals surface area contributed by atoms with Crippen LogP contribution in [0.1, 0.15) is 56.8 Å². The molecule has 2 fully saturated rings. The van der Waals surface area contributed by atoms with Crippen molar-refractivity contribution in [1.82, 2.24) is 24.6 Å². The quantitative estimate of drug-likeness (QED) is 0.375.